The van der Waals surface area contributed by atoms with Gasteiger partial charge in [-0.25, -0.2) is 0 Å². The summed E-state index contributed by atoms with van der Waals surface area (Å²) in [6, 6.07) is 6.03. The summed E-state index contributed by atoms with van der Waals surface area (Å²) in [5.74, 6) is 0.616. The maximum atomic E-state index is 6.18. The number of hydrogen-bond acceptors (Lipinski definition) is 2. The number of ether oxygens (including phenoxy) is 1. The molecule has 0 spiro atoms. The first-order chi connectivity index (χ1) is 10.2. The number of nitrogens with one attached hydrogen (secondary N) is 1. The molecule has 118 valence electrons. The van der Waals surface area contributed by atoms with Crippen LogP contribution in [0.2, 0.25) is 10.0 Å². The lowest BCUT2D eigenvalue weighted by molar-refractivity contribution is -0.0167. The van der Waals surface area contributed by atoms with Gasteiger partial charge in [-0.15, -0.1) is 0 Å². The second-order valence-corrected chi connectivity index (χ2v) is 6.57. The van der Waals surface area contributed by atoms with Crippen molar-refractivity contribution in [2.24, 2.45) is 5.92 Å². The van der Waals surface area contributed by atoms with Crippen LogP contribution in [0, 0.1) is 5.92 Å². The molecule has 21 heavy (non-hydrogen) atoms. The number of rotatable bonds is 6. The van der Waals surface area contributed by atoms with Crippen molar-refractivity contribution < 1.29 is 4.74 Å². The van der Waals surface area contributed by atoms with Gasteiger partial charge in [0, 0.05) is 6.61 Å². The van der Waals surface area contributed by atoms with Crippen molar-refractivity contribution in [1.29, 1.82) is 0 Å². The van der Waals surface area contributed by atoms with E-state index in [1.807, 2.05) is 25.2 Å². The first-order valence-corrected chi connectivity index (χ1v) is 8.66. The Labute approximate surface area is 138 Å². The zero-order chi connectivity index (χ0) is 15.2. The number of halogens is 2. The van der Waals surface area contributed by atoms with Crippen molar-refractivity contribution >= 4 is 23.2 Å². The summed E-state index contributed by atoms with van der Waals surface area (Å²) in [7, 11) is 1.99. The molecule has 2 unspecified atom stereocenters. The topological polar surface area (TPSA) is 21.3 Å². The lowest BCUT2D eigenvalue weighted by atomic mass is 9.81. The summed E-state index contributed by atoms with van der Waals surface area (Å²) >= 11 is 12.2. The summed E-state index contributed by atoms with van der Waals surface area (Å²) in [4.78, 5) is 0. The van der Waals surface area contributed by atoms with Crippen LogP contribution >= 0.6 is 23.2 Å². The third kappa shape index (κ3) is 4.35. The molecule has 4 heteroatoms. The van der Waals surface area contributed by atoms with Crippen LogP contribution in [-0.4, -0.2) is 19.8 Å². The first-order valence-electron chi connectivity index (χ1n) is 7.91. The van der Waals surface area contributed by atoms with Crippen molar-refractivity contribution in [3.05, 3.63) is 33.8 Å². The van der Waals surface area contributed by atoms with Crippen molar-refractivity contribution in [1.82, 2.24) is 5.32 Å². The fraction of sp³-hybridized carbons (Fsp3) is 0.647. The number of hydrogen-bond donors (Lipinski definition) is 1. The third-order valence-corrected chi connectivity index (χ3v) is 5.15. The number of benzene rings is 1. The molecule has 1 aromatic rings. The molecule has 1 fully saturated rings. The van der Waals surface area contributed by atoms with E-state index in [1.165, 1.54) is 32.1 Å². The highest BCUT2D eigenvalue weighted by molar-refractivity contribution is 6.42. The number of likely N-dealkylation sites (N-methyl/N-ethyl adjacent to an activating group) is 1. The fourth-order valence-electron chi connectivity index (χ4n) is 3.39. The summed E-state index contributed by atoms with van der Waals surface area (Å²) in [5.41, 5.74) is 1.15. The Morgan fingerprint density at radius 1 is 1.19 bits per heavy atom. The van der Waals surface area contributed by atoms with E-state index in [1.54, 1.807) is 0 Å². The highest BCUT2D eigenvalue weighted by atomic mass is 35.5. The van der Waals surface area contributed by atoms with E-state index < -0.39 is 0 Å². The van der Waals surface area contributed by atoms with Gasteiger partial charge in [-0.3, -0.25) is 0 Å². The largest absolute Gasteiger partial charge is 0.376 e. The molecular formula is C17H25Cl2NO. The molecule has 0 heterocycles. The zero-order valence-electron chi connectivity index (χ0n) is 12.9. The molecule has 1 aromatic carbocycles. The van der Waals surface area contributed by atoms with Gasteiger partial charge in [0.25, 0.3) is 0 Å². The molecule has 1 N–H and O–H groups in total. The summed E-state index contributed by atoms with van der Waals surface area (Å²) in [6.45, 7) is 2.80. The predicted octanol–water partition coefficient (Wildman–Crippen LogP) is 5.24. The third-order valence-electron chi connectivity index (χ3n) is 4.42. The maximum absolute atomic E-state index is 6.18. The second kappa shape index (κ2) is 8.38. The molecule has 1 aliphatic carbocycles. The van der Waals surface area contributed by atoms with E-state index in [9.17, 15) is 0 Å². The molecule has 0 amide bonds. The van der Waals surface area contributed by atoms with Gasteiger partial charge in [-0.1, -0.05) is 48.5 Å². The minimum absolute atomic E-state index is 0.155. The Balaban J connectivity index is 2.23. The normalized spacial score (nSPS) is 19.4. The van der Waals surface area contributed by atoms with Crippen molar-refractivity contribution in [3.8, 4) is 0 Å². The Morgan fingerprint density at radius 2 is 1.90 bits per heavy atom. The van der Waals surface area contributed by atoms with E-state index in [-0.39, 0.29) is 12.1 Å². The second-order valence-electron chi connectivity index (χ2n) is 5.76. The van der Waals surface area contributed by atoms with Crippen LogP contribution in [0.4, 0.5) is 0 Å². The quantitative estimate of drug-likeness (QED) is 0.770. The zero-order valence-corrected chi connectivity index (χ0v) is 14.4. The summed E-state index contributed by atoms with van der Waals surface area (Å²) < 4.78 is 6.12. The lowest BCUT2D eigenvalue weighted by Crippen LogP contribution is -2.38. The SMILES string of the molecule is CCOC(C1CCCCC1)C(NC)c1ccc(Cl)c(Cl)c1. The summed E-state index contributed by atoms with van der Waals surface area (Å²) in [6.07, 6.45) is 6.68. The Morgan fingerprint density at radius 3 is 2.48 bits per heavy atom. The van der Waals surface area contributed by atoms with Crippen molar-refractivity contribution in [2.45, 2.75) is 51.2 Å². The van der Waals surface area contributed by atoms with E-state index in [2.05, 4.69) is 12.2 Å². The van der Waals surface area contributed by atoms with E-state index >= 15 is 0 Å². The van der Waals surface area contributed by atoms with Crippen LogP contribution in [0.3, 0.4) is 0 Å². The van der Waals surface area contributed by atoms with Gasteiger partial charge in [0.15, 0.2) is 0 Å². The Bertz CT molecular complexity index is 446. The van der Waals surface area contributed by atoms with Crippen LogP contribution in [-0.2, 0) is 4.74 Å². The maximum Gasteiger partial charge on any atom is 0.0797 e. The van der Waals surface area contributed by atoms with Gasteiger partial charge in [-0.05, 0) is 50.4 Å². The molecule has 1 saturated carbocycles. The van der Waals surface area contributed by atoms with Crippen LogP contribution in [0.5, 0.6) is 0 Å². The van der Waals surface area contributed by atoms with Gasteiger partial charge in [-0.2, -0.15) is 0 Å². The highest BCUT2D eigenvalue weighted by Crippen LogP contribution is 2.35. The van der Waals surface area contributed by atoms with Crippen LogP contribution in [0.15, 0.2) is 18.2 Å². The van der Waals surface area contributed by atoms with Crippen molar-refractivity contribution in [3.63, 3.8) is 0 Å². The molecule has 2 nitrogen and oxygen atoms in total. The van der Waals surface area contributed by atoms with Gasteiger partial charge in [0.2, 0.25) is 0 Å². The molecule has 0 aromatic heterocycles. The van der Waals surface area contributed by atoms with Crippen molar-refractivity contribution in [2.75, 3.05) is 13.7 Å². The van der Waals surface area contributed by atoms with Crippen LogP contribution < -0.4 is 5.32 Å². The Hall–Kier alpha value is -0.280. The van der Waals surface area contributed by atoms with E-state index in [0.717, 1.165) is 12.2 Å². The van der Waals surface area contributed by atoms with Gasteiger partial charge < -0.3 is 10.1 Å². The van der Waals surface area contributed by atoms with Gasteiger partial charge >= 0.3 is 0 Å². The molecule has 0 bridgehead atoms. The average molecular weight is 330 g/mol. The lowest BCUT2D eigenvalue weighted by Gasteiger charge is -2.36. The monoisotopic (exact) mass is 329 g/mol. The fourth-order valence-corrected chi connectivity index (χ4v) is 3.69. The van der Waals surface area contributed by atoms with E-state index in [4.69, 9.17) is 27.9 Å². The molecule has 0 saturated heterocycles. The smallest absolute Gasteiger partial charge is 0.0797 e. The highest BCUT2D eigenvalue weighted by Gasteiger charge is 2.31. The minimum Gasteiger partial charge on any atom is -0.376 e. The first kappa shape index (κ1) is 17.1. The minimum atomic E-state index is 0.155. The molecule has 0 radical (unpaired) electrons. The molecule has 2 atom stereocenters. The van der Waals surface area contributed by atoms with Crippen LogP contribution in [0.1, 0.15) is 50.6 Å². The van der Waals surface area contributed by atoms with Gasteiger partial charge in [0.1, 0.15) is 0 Å². The molecular weight excluding hydrogens is 305 g/mol. The summed E-state index contributed by atoms with van der Waals surface area (Å²) in [5, 5.41) is 4.62. The predicted molar refractivity (Wildman–Crippen MR) is 90.3 cm³/mol. The molecule has 1 aliphatic rings. The molecule has 0 aliphatic heterocycles. The van der Waals surface area contributed by atoms with Crippen LogP contribution in [0.25, 0.3) is 0 Å². The average Bonchev–Trinajstić information content (AvgIpc) is 2.51. The van der Waals surface area contributed by atoms with Gasteiger partial charge in [0.05, 0.1) is 22.2 Å². The van der Waals surface area contributed by atoms with E-state index in [0.29, 0.717) is 16.0 Å². The Kier molecular flexibility index (Phi) is 6.81. The standard InChI is InChI=1S/C17H25Cl2NO/c1-3-21-17(12-7-5-4-6-8-12)16(20-2)13-9-10-14(18)15(19)11-13/h9-12,16-17,20H,3-8H2,1-2H3. The molecule has 2 rings (SSSR count).